The lowest BCUT2D eigenvalue weighted by Crippen LogP contribution is -2.33. The number of ether oxygens (including phenoxy) is 3. The van der Waals surface area contributed by atoms with Crippen LogP contribution in [0.1, 0.15) is 66.2 Å². The molecule has 2 amide bonds. The first-order valence-corrected chi connectivity index (χ1v) is 11.1. The smallest absolute Gasteiger partial charge is 0.407 e. The number of hydrogen-bond acceptors (Lipinski definition) is 7. The topological polar surface area (TPSA) is 107 Å². The molecule has 30 heavy (non-hydrogen) atoms. The van der Waals surface area contributed by atoms with E-state index >= 15 is 0 Å². The van der Waals surface area contributed by atoms with Crippen LogP contribution >= 0.6 is 0 Å². The Morgan fingerprint density at radius 3 is 2.37 bits per heavy atom. The van der Waals surface area contributed by atoms with E-state index in [1.807, 2.05) is 0 Å². The van der Waals surface area contributed by atoms with E-state index in [0.717, 1.165) is 25.7 Å². The highest BCUT2D eigenvalue weighted by atomic mass is 16.6. The predicted octanol–water partition coefficient (Wildman–Crippen LogP) is 3.02. The lowest BCUT2D eigenvalue weighted by atomic mass is 10.2. The first-order chi connectivity index (χ1) is 14.6. The van der Waals surface area contributed by atoms with Crippen molar-refractivity contribution in [1.29, 1.82) is 0 Å². The minimum atomic E-state index is -0.493. The van der Waals surface area contributed by atoms with Crippen LogP contribution in [0.2, 0.25) is 0 Å². The number of amides is 2. The number of carbonyl (C=O) groups is 2. The summed E-state index contributed by atoms with van der Waals surface area (Å²) in [6.07, 6.45) is 5.83. The molecule has 0 radical (unpaired) electrons. The molecule has 0 bridgehead atoms. The second kappa shape index (κ2) is 20.4. The van der Waals surface area contributed by atoms with Gasteiger partial charge in [0.1, 0.15) is 19.3 Å². The van der Waals surface area contributed by atoms with Crippen molar-refractivity contribution in [2.45, 2.75) is 78.4 Å². The Kier molecular flexibility index (Phi) is 19.1. The second-order valence-corrected chi connectivity index (χ2v) is 6.78. The molecule has 0 saturated heterocycles. The number of nitrogens with zero attached hydrogens (tertiary/aromatic N) is 1. The largest absolute Gasteiger partial charge is 0.447 e. The zero-order valence-corrected chi connectivity index (χ0v) is 19.1. The minimum Gasteiger partial charge on any atom is -0.447 e. The van der Waals surface area contributed by atoms with Crippen molar-refractivity contribution in [2.24, 2.45) is 5.16 Å². The standard InChI is InChI=1S/C21H41N3O6/c1-5-9-14-27-19(16-28-18(6-2)7-3)17-29-21(26)23-11-10-15-30-24-13-12-22-20(25)8-4/h13,18-19H,5-12,14-17H2,1-4H3,(H,22,25)(H,23,26). The fourth-order valence-electron chi connectivity index (χ4n) is 2.28. The second-order valence-electron chi connectivity index (χ2n) is 6.78. The van der Waals surface area contributed by atoms with Crippen molar-refractivity contribution in [3.05, 3.63) is 0 Å². The number of carbonyl (C=O) groups excluding carboxylic acids is 2. The average molecular weight is 432 g/mol. The highest BCUT2D eigenvalue weighted by molar-refractivity contribution is 5.78. The Morgan fingerprint density at radius 1 is 0.933 bits per heavy atom. The lowest BCUT2D eigenvalue weighted by Gasteiger charge is -2.21. The molecule has 0 rings (SSSR count). The highest BCUT2D eigenvalue weighted by Gasteiger charge is 2.15. The summed E-state index contributed by atoms with van der Waals surface area (Å²) >= 11 is 0. The highest BCUT2D eigenvalue weighted by Crippen LogP contribution is 2.06. The minimum absolute atomic E-state index is 0.0377. The van der Waals surface area contributed by atoms with Crippen LogP contribution in [0.4, 0.5) is 4.79 Å². The molecule has 0 aromatic heterocycles. The van der Waals surface area contributed by atoms with Gasteiger partial charge in [-0.1, -0.05) is 39.3 Å². The summed E-state index contributed by atoms with van der Waals surface area (Å²) < 4.78 is 16.9. The van der Waals surface area contributed by atoms with E-state index in [1.54, 1.807) is 6.92 Å². The fraction of sp³-hybridized carbons (Fsp3) is 0.857. The molecule has 9 heteroatoms. The van der Waals surface area contributed by atoms with Crippen molar-refractivity contribution in [3.63, 3.8) is 0 Å². The summed E-state index contributed by atoms with van der Waals surface area (Å²) in [4.78, 5) is 27.9. The molecule has 1 unspecified atom stereocenters. The molecule has 0 aromatic carbocycles. The third-order valence-corrected chi connectivity index (χ3v) is 4.22. The van der Waals surface area contributed by atoms with Gasteiger partial charge in [-0.25, -0.2) is 4.79 Å². The van der Waals surface area contributed by atoms with E-state index in [4.69, 9.17) is 19.0 Å². The molecule has 0 aromatic rings. The SMILES string of the molecule is CCCCOC(COC(=O)NCCCON=CCNC(=O)CC)COC(CC)CC. The molecular formula is C21H41N3O6. The summed E-state index contributed by atoms with van der Waals surface area (Å²) in [6.45, 7) is 10.3. The molecule has 9 nitrogen and oxygen atoms in total. The Hall–Kier alpha value is -1.87. The summed E-state index contributed by atoms with van der Waals surface area (Å²) in [6, 6.07) is 0. The first-order valence-electron chi connectivity index (χ1n) is 11.1. The maximum atomic E-state index is 11.9. The monoisotopic (exact) mass is 431 g/mol. The first kappa shape index (κ1) is 28.1. The van der Waals surface area contributed by atoms with Gasteiger partial charge in [-0.15, -0.1) is 0 Å². The van der Waals surface area contributed by atoms with E-state index in [2.05, 4.69) is 36.6 Å². The summed E-state index contributed by atoms with van der Waals surface area (Å²) in [5.41, 5.74) is 0. The summed E-state index contributed by atoms with van der Waals surface area (Å²) in [7, 11) is 0. The van der Waals surface area contributed by atoms with Crippen LogP contribution in [-0.4, -0.2) is 69.9 Å². The van der Waals surface area contributed by atoms with E-state index in [1.165, 1.54) is 6.21 Å². The third-order valence-electron chi connectivity index (χ3n) is 4.22. The Labute approximate surface area is 181 Å². The molecule has 2 N–H and O–H groups in total. The van der Waals surface area contributed by atoms with Crippen LogP contribution in [0, 0.1) is 0 Å². The van der Waals surface area contributed by atoms with E-state index in [0.29, 0.717) is 45.8 Å². The summed E-state index contributed by atoms with van der Waals surface area (Å²) in [5.74, 6) is -0.0377. The zero-order chi connectivity index (χ0) is 22.5. The molecule has 0 fully saturated rings. The predicted molar refractivity (Wildman–Crippen MR) is 117 cm³/mol. The van der Waals surface area contributed by atoms with Crippen LogP contribution in [0.3, 0.4) is 0 Å². The number of rotatable bonds is 19. The van der Waals surface area contributed by atoms with Gasteiger partial charge in [-0.2, -0.15) is 0 Å². The van der Waals surface area contributed by atoms with Gasteiger partial charge in [0, 0.05) is 26.0 Å². The molecule has 1 atom stereocenters. The van der Waals surface area contributed by atoms with Crippen molar-refractivity contribution in [1.82, 2.24) is 10.6 Å². The molecular weight excluding hydrogens is 390 g/mol. The van der Waals surface area contributed by atoms with Gasteiger partial charge in [0.15, 0.2) is 0 Å². The van der Waals surface area contributed by atoms with Crippen LogP contribution in [-0.2, 0) is 23.8 Å². The number of alkyl carbamates (subject to hydrolysis) is 1. The van der Waals surface area contributed by atoms with E-state index in [-0.39, 0.29) is 24.7 Å². The van der Waals surface area contributed by atoms with Gasteiger partial charge in [-0.3, -0.25) is 4.79 Å². The molecule has 0 saturated carbocycles. The van der Waals surface area contributed by atoms with E-state index in [9.17, 15) is 9.59 Å². The van der Waals surface area contributed by atoms with Gasteiger partial charge < -0.3 is 29.7 Å². The van der Waals surface area contributed by atoms with Gasteiger partial charge >= 0.3 is 6.09 Å². The molecule has 176 valence electrons. The fourth-order valence-corrected chi connectivity index (χ4v) is 2.28. The molecule has 0 aliphatic rings. The van der Waals surface area contributed by atoms with Crippen molar-refractivity contribution < 1.29 is 28.6 Å². The van der Waals surface area contributed by atoms with Crippen molar-refractivity contribution >= 4 is 18.2 Å². The Morgan fingerprint density at radius 2 is 1.70 bits per heavy atom. The maximum Gasteiger partial charge on any atom is 0.407 e. The normalized spacial score (nSPS) is 12.2. The van der Waals surface area contributed by atoms with E-state index < -0.39 is 6.09 Å². The Bertz CT molecular complexity index is 458. The van der Waals surface area contributed by atoms with Gasteiger partial charge in [-0.05, 0) is 19.3 Å². The van der Waals surface area contributed by atoms with Crippen LogP contribution < -0.4 is 10.6 Å². The summed E-state index contributed by atoms with van der Waals surface area (Å²) in [5, 5.41) is 9.04. The quantitative estimate of drug-likeness (QED) is 0.185. The third kappa shape index (κ3) is 17.0. The van der Waals surface area contributed by atoms with Gasteiger partial charge in [0.25, 0.3) is 0 Å². The number of hydrogen-bond donors (Lipinski definition) is 2. The van der Waals surface area contributed by atoms with Gasteiger partial charge in [0.2, 0.25) is 5.91 Å². The van der Waals surface area contributed by atoms with Crippen molar-refractivity contribution in [2.75, 3.05) is 39.5 Å². The Balaban J connectivity index is 3.92. The molecule has 0 aliphatic heterocycles. The lowest BCUT2D eigenvalue weighted by molar-refractivity contribution is -0.120. The molecule has 0 aliphatic carbocycles. The van der Waals surface area contributed by atoms with Crippen LogP contribution in [0.25, 0.3) is 0 Å². The van der Waals surface area contributed by atoms with Gasteiger partial charge in [0.05, 0.1) is 25.5 Å². The average Bonchev–Trinajstić information content (AvgIpc) is 2.76. The molecule has 0 heterocycles. The molecule has 0 spiro atoms. The maximum absolute atomic E-state index is 11.9. The van der Waals surface area contributed by atoms with Crippen molar-refractivity contribution in [3.8, 4) is 0 Å². The number of unbranched alkanes of at least 4 members (excludes halogenated alkanes) is 1. The zero-order valence-electron chi connectivity index (χ0n) is 19.1. The van der Waals surface area contributed by atoms with Crippen LogP contribution in [0.15, 0.2) is 5.16 Å². The number of nitrogens with one attached hydrogen (secondary N) is 2. The van der Waals surface area contributed by atoms with Crippen LogP contribution in [0.5, 0.6) is 0 Å². The number of oxime groups is 1.